The molecule has 4 aromatic carbocycles. The lowest BCUT2D eigenvalue weighted by Gasteiger charge is -2.28. The Hall–Kier alpha value is -2.25. The normalized spacial score (nSPS) is 16.3. The second kappa shape index (κ2) is 4.39. The highest BCUT2D eigenvalue weighted by atomic mass is 32.3. The Kier molecular flexibility index (Phi) is 2.52. The number of rotatable bonds is 0. The van der Waals surface area contributed by atoms with Gasteiger partial charge in [-0.25, -0.2) is 0 Å². The van der Waals surface area contributed by atoms with Gasteiger partial charge >= 0.3 is 0 Å². The molecular weight excluding hydrogens is 296 g/mol. The van der Waals surface area contributed by atoms with Gasteiger partial charge in [-0.15, -0.1) is 0 Å². The molecule has 1 heteroatoms. The monoisotopic (exact) mass is 314 g/mol. The van der Waals surface area contributed by atoms with E-state index in [2.05, 4.69) is 85.3 Å². The van der Waals surface area contributed by atoms with E-state index in [4.69, 9.17) is 0 Å². The molecule has 0 fully saturated rings. The third kappa shape index (κ3) is 1.74. The van der Waals surface area contributed by atoms with Crippen molar-refractivity contribution >= 4 is 31.6 Å². The van der Waals surface area contributed by atoms with Gasteiger partial charge in [0.25, 0.3) is 0 Å². The molecule has 0 radical (unpaired) electrons. The van der Waals surface area contributed by atoms with Gasteiger partial charge in [-0.3, -0.25) is 0 Å². The van der Waals surface area contributed by atoms with E-state index < -0.39 is 10.0 Å². The fourth-order valence-electron chi connectivity index (χ4n) is 3.86. The van der Waals surface area contributed by atoms with E-state index in [0.29, 0.717) is 0 Å². The van der Waals surface area contributed by atoms with Crippen LogP contribution < -0.4 is 0 Å². The van der Waals surface area contributed by atoms with Gasteiger partial charge in [-0.2, -0.15) is 10.0 Å². The van der Waals surface area contributed by atoms with Crippen LogP contribution in [-0.2, 0) is 0 Å². The van der Waals surface area contributed by atoms with Crippen LogP contribution in [0, 0.1) is 0 Å². The van der Waals surface area contributed by atoms with Crippen LogP contribution in [-0.4, -0.2) is 12.5 Å². The molecule has 0 N–H and O–H groups in total. The fourth-order valence-corrected chi connectivity index (χ4v) is 6.38. The van der Waals surface area contributed by atoms with Crippen LogP contribution in [0.15, 0.2) is 82.6 Å². The molecule has 1 aliphatic rings. The average molecular weight is 314 g/mol. The minimum Gasteiger partial charge on any atom is -0.192 e. The van der Waals surface area contributed by atoms with E-state index in [1.807, 2.05) is 0 Å². The Morgan fingerprint density at radius 3 is 1.87 bits per heavy atom. The van der Waals surface area contributed by atoms with Crippen molar-refractivity contribution in [1.29, 1.82) is 0 Å². The highest BCUT2D eigenvalue weighted by Crippen LogP contribution is 2.67. The van der Waals surface area contributed by atoms with Crippen LogP contribution in [0.4, 0.5) is 0 Å². The smallest absolute Gasteiger partial charge is 0.00217 e. The highest BCUT2D eigenvalue weighted by Gasteiger charge is 2.31. The predicted octanol–water partition coefficient (Wildman–Crippen LogP) is 6.46. The van der Waals surface area contributed by atoms with Crippen LogP contribution in [0.2, 0.25) is 0 Å². The largest absolute Gasteiger partial charge is 0.192 e. The lowest BCUT2D eigenvalue weighted by atomic mass is 9.99. The summed E-state index contributed by atoms with van der Waals surface area (Å²) in [7, 11) is -0.910. The Labute approximate surface area is 138 Å². The van der Waals surface area contributed by atoms with Gasteiger partial charge in [0.2, 0.25) is 0 Å². The molecule has 0 atom stereocenters. The first-order valence-electron chi connectivity index (χ1n) is 7.94. The van der Waals surface area contributed by atoms with Crippen molar-refractivity contribution < 1.29 is 0 Å². The van der Waals surface area contributed by atoms with Crippen LogP contribution in [0.25, 0.3) is 32.7 Å². The Morgan fingerprint density at radius 2 is 1.13 bits per heavy atom. The Bertz CT molecular complexity index is 1090. The fraction of sp³-hybridized carbons (Fsp3) is 0.0909. The molecule has 0 amide bonds. The summed E-state index contributed by atoms with van der Waals surface area (Å²) in [6, 6.07) is 27.1. The van der Waals surface area contributed by atoms with Crippen molar-refractivity contribution in [3.8, 4) is 11.1 Å². The summed E-state index contributed by atoms with van der Waals surface area (Å²) in [5.41, 5.74) is 2.86. The van der Waals surface area contributed by atoms with Crippen LogP contribution in [0.3, 0.4) is 0 Å². The van der Waals surface area contributed by atoms with Gasteiger partial charge in [0.15, 0.2) is 0 Å². The molecule has 0 bridgehead atoms. The molecule has 5 rings (SSSR count). The first kappa shape index (κ1) is 13.2. The van der Waals surface area contributed by atoms with Gasteiger partial charge in [0.1, 0.15) is 0 Å². The number of fused-ring (bicyclic) bond motifs is 5. The summed E-state index contributed by atoms with van der Waals surface area (Å²) in [5.74, 6) is 0. The molecular formula is C22H18S. The predicted molar refractivity (Wildman–Crippen MR) is 103 cm³/mol. The number of hydrogen-bond donors (Lipinski definition) is 0. The SMILES string of the molecule is CS1(C)c2ccccc2-c2cc3cc4ccccc4cc3cc21. The van der Waals surface area contributed by atoms with Gasteiger partial charge in [0, 0.05) is 9.79 Å². The van der Waals surface area contributed by atoms with Gasteiger partial charge < -0.3 is 0 Å². The lowest BCUT2D eigenvalue weighted by molar-refractivity contribution is 1.46. The third-order valence-corrected chi connectivity index (χ3v) is 7.97. The average Bonchev–Trinajstić information content (AvgIpc) is 2.79. The molecule has 1 heterocycles. The van der Waals surface area contributed by atoms with Crippen molar-refractivity contribution in [2.24, 2.45) is 0 Å². The summed E-state index contributed by atoms with van der Waals surface area (Å²) in [5, 5.41) is 5.34. The van der Waals surface area contributed by atoms with E-state index in [0.717, 1.165) is 0 Å². The van der Waals surface area contributed by atoms with E-state index in [-0.39, 0.29) is 0 Å². The standard InChI is InChI=1S/C22H18S/c1-23(2)21-10-6-5-9-19(21)20-13-17-11-15-7-3-4-8-16(15)12-18(17)14-22(20)23/h3-14H,1-2H3. The highest BCUT2D eigenvalue weighted by molar-refractivity contribution is 8.33. The van der Waals surface area contributed by atoms with Crippen molar-refractivity contribution in [1.82, 2.24) is 0 Å². The zero-order chi connectivity index (χ0) is 15.6. The molecule has 0 unspecified atom stereocenters. The maximum atomic E-state index is 2.44. The number of hydrogen-bond acceptors (Lipinski definition) is 0. The van der Waals surface area contributed by atoms with Gasteiger partial charge in [0.05, 0.1) is 0 Å². The van der Waals surface area contributed by atoms with Crippen LogP contribution in [0.5, 0.6) is 0 Å². The molecule has 0 spiro atoms. The molecule has 23 heavy (non-hydrogen) atoms. The Morgan fingerprint density at radius 1 is 0.522 bits per heavy atom. The minimum atomic E-state index is -0.910. The Balaban J connectivity index is 1.90. The van der Waals surface area contributed by atoms with Crippen molar-refractivity contribution in [3.05, 3.63) is 72.8 Å². The minimum absolute atomic E-state index is 0.910. The summed E-state index contributed by atoms with van der Waals surface area (Å²) in [6.45, 7) is 0. The van der Waals surface area contributed by atoms with Crippen molar-refractivity contribution in [2.75, 3.05) is 12.5 Å². The molecule has 112 valence electrons. The van der Waals surface area contributed by atoms with Crippen molar-refractivity contribution in [2.45, 2.75) is 9.79 Å². The zero-order valence-corrected chi connectivity index (χ0v) is 14.2. The lowest BCUT2D eigenvalue weighted by Crippen LogP contribution is -1.92. The number of benzene rings is 4. The van der Waals surface area contributed by atoms with E-state index in [9.17, 15) is 0 Å². The molecule has 0 aromatic heterocycles. The van der Waals surface area contributed by atoms with Crippen molar-refractivity contribution in [3.63, 3.8) is 0 Å². The summed E-state index contributed by atoms with van der Waals surface area (Å²) >= 11 is 0. The van der Waals surface area contributed by atoms with E-state index >= 15 is 0 Å². The maximum Gasteiger partial charge on any atom is 0.00217 e. The third-order valence-electron chi connectivity index (χ3n) is 5.08. The molecule has 0 saturated carbocycles. The quantitative estimate of drug-likeness (QED) is 0.327. The first-order valence-corrected chi connectivity index (χ1v) is 10.4. The molecule has 0 nitrogen and oxygen atoms in total. The molecule has 0 saturated heterocycles. The molecule has 0 aliphatic carbocycles. The van der Waals surface area contributed by atoms with Gasteiger partial charge in [-0.05, 0) is 75.5 Å². The van der Waals surface area contributed by atoms with Crippen LogP contribution >= 0.6 is 10.0 Å². The van der Waals surface area contributed by atoms with Crippen LogP contribution in [0.1, 0.15) is 0 Å². The summed E-state index contributed by atoms with van der Waals surface area (Å²) < 4.78 is 0. The molecule has 1 aliphatic heterocycles. The second-order valence-electron chi connectivity index (χ2n) is 6.72. The summed E-state index contributed by atoms with van der Waals surface area (Å²) in [6.07, 6.45) is 4.84. The van der Waals surface area contributed by atoms with Gasteiger partial charge in [-0.1, -0.05) is 42.5 Å². The first-order chi connectivity index (χ1) is 11.1. The maximum absolute atomic E-state index is 2.44. The summed E-state index contributed by atoms with van der Waals surface area (Å²) in [4.78, 5) is 3.05. The van der Waals surface area contributed by atoms with E-state index in [1.54, 1.807) is 0 Å². The molecule has 4 aromatic rings. The topological polar surface area (TPSA) is 0 Å². The zero-order valence-electron chi connectivity index (χ0n) is 13.3. The second-order valence-corrected chi connectivity index (χ2v) is 10.3. The van der Waals surface area contributed by atoms with E-state index in [1.165, 1.54) is 42.5 Å².